The van der Waals surface area contributed by atoms with E-state index < -0.39 is 0 Å². The molecule has 110 valence electrons. The van der Waals surface area contributed by atoms with E-state index in [-0.39, 0.29) is 12.0 Å². The highest BCUT2D eigenvalue weighted by Gasteiger charge is 2.34. The van der Waals surface area contributed by atoms with Gasteiger partial charge in [0, 0.05) is 19.1 Å². The molecule has 3 atom stereocenters. The van der Waals surface area contributed by atoms with Gasteiger partial charge in [-0.1, -0.05) is 20.3 Å². The summed E-state index contributed by atoms with van der Waals surface area (Å²) in [7, 11) is 0. The Balaban J connectivity index is 1.89. The monoisotopic (exact) mass is 270 g/mol. The molecule has 2 rings (SSSR count). The van der Waals surface area contributed by atoms with Crippen molar-refractivity contribution in [2.75, 3.05) is 39.5 Å². The van der Waals surface area contributed by atoms with Crippen LogP contribution in [0.1, 0.15) is 26.7 Å². The normalized spacial score (nSPS) is 32.3. The van der Waals surface area contributed by atoms with Crippen molar-refractivity contribution in [3.05, 3.63) is 0 Å². The molecule has 2 aliphatic heterocycles. The van der Waals surface area contributed by atoms with Gasteiger partial charge in [-0.15, -0.1) is 0 Å². The predicted molar refractivity (Wildman–Crippen MR) is 73.0 cm³/mol. The fourth-order valence-corrected chi connectivity index (χ4v) is 3.01. The predicted octanol–water partition coefficient (Wildman–Crippen LogP) is 0.638. The van der Waals surface area contributed by atoms with Crippen LogP contribution in [-0.2, 0) is 14.3 Å². The standard InChI is InChI=1S/C14H26N2O3/c1-3-11-9-16(6-5-12(11)15-4-2)14(17)13-10-18-7-8-19-13/h11-13,15H,3-10H2,1-2H3. The summed E-state index contributed by atoms with van der Waals surface area (Å²) in [4.78, 5) is 14.3. The molecule has 19 heavy (non-hydrogen) atoms. The highest BCUT2D eigenvalue weighted by molar-refractivity contribution is 5.81. The fraction of sp³-hybridized carbons (Fsp3) is 0.929. The first-order chi connectivity index (χ1) is 9.26. The molecule has 3 unspecified atom stereocenters. The summed E-state index contributed by atoms with van der Waals surface area (Å²) in [5, 5.41) is 3.53. The maximum Gasteiger partial charge on any atom is 0.254 e. The molecular formula is C14H26N2O3. The Morgan fingerprint density at radius 3 is 2.84 bits per heavy atom. The number of piperidine rings is 1. The highest BCUT2D eigenvalue weighted by atomic mass is 16.6. The molecule has 0 aromatic heterocycles. The van der Waals surface area contributed by atoms with Crippen LogP contribution in [0.2, 0.25) is 0 Å². The van der Waals surface area contributed by atoms with E-state index in [2.05, 4.69) is 19.2 Å². The lowest BCUT2D eigenvalue weighted by Gasteiger charge is -2.40. The van der Waals surface area contributed by atoms with Gasteiger partial charge < -0.3 is 19.7 Å². The molecule has 0 bridgehead atoms. The van der Waals surface area contributed by atoms with E-state index >= 15 is 0 Å². The number of nitrogens with zero attached hydrogens (tertiary/aromatic N) is 1. The number of carbonyl (C=O) groups excluding carboxylic acids is 1. The summed E-state index contributed by atoms with van der Waals surface area (Å²) < 4.78 is 10.8. The summed E-state index contributed by atoms with van der Waals surface area (Å²) in [6.07, 6.45) is 1.75. The van der Waals surface area contributed by atoms with Gasteiger partial charge in [-0.05, 0) is 18.9 Å². The van der Waals surface area contributed by atoms with Crippen molar-refractivity contribution < 1.29 is 14.3 Å². The third-order valence-electron chi connectivity index (χ3n) is 4.13. The lowest BCUT2D eigenvalue weighted by molar-refractivity contribution is -0.160. The number of ether oxygens (including phenoxy) is 2. The van der Waals surface area contributed by atoms with Crippen LogP contribution in [0.4, 0.5) is 0 Å². The van der Waals surface area contributed by atoms with Crippen LogP contribution in [0.5, 0.6) is 0 Å². The van der Waals surface area contributed by atoms with Crippen molar-refractivity contribution in [3.63, 3.8) is 0 Å². The van der Waals surface area contributed by atoms with Crippen LogP contribution < -0.4 is 5.32 Å². The zero-order valence-corrected chi connectivity index (χ0v) is 12.1. The lowest BCUT2D eigenvalue weighted by atomic mass is 9.89. The molecule has 5 nitrogen and oxygen atoms in total. The maximum absolute atomic E-state index is 12.4. The van der Waals surface area contributed by atoms with Gasteiger partial charge in [0.25, 0.3) is 5.91 Å². The van der Waals surface area contributed by atoms with Gasteiger partial charge in [0.1, 0.15) is 0 Å². The zero-order valence-electron chi connectivity index (χ0n) is 12.1. The molecule has 0 saturated carbocycles. The van der Waals surface area contributed by atoms with Gasteiger partial charge in [0.05, 0.1) is 19.8 Å². The zero-order chi connectivity index (χ0) is 13.7. The molecule has 2 fully saturated rings. The van der Waals surface area contributed by atoms with Crippen molar-refractivity contribution in [3.8, 4) is 0 Å². The van der Waals surface area contributed by atoms with E-state index in [0.29, 0.717) is 31.8 Å². The summed E-state index contributed by atoms with van der Waals surface area (Å²) >= 11 is 0. The van der Waals surface area contributed by atoms with E-state index in [1.165, 1.54) is 0 Å². The first kappa shape index (κ1) is 14.8. The number of hydrogen-bond donors (Lipinski definition) is 1. The van der Waals surface area contributed by atoms with Crippen LogP contribution in [0.25, 0.3) is 0 Å². The second-order valence-electron chi connectivity index (χ2n) is 5.34. The topological polar surface area (TPSA) is 50.8 Å². The van der Waals surface area contributed by atoms with E-state index in [1.807, 2.05) is 4.90 Å². The van der Waals surface area contributed by atoms with Gasteiger partial charge in [-0.2, -0.15) is 0 Å². The molecule has 0 spiro atoms. The Labute approximate surface area is 115 Å². The molecule has 0 aromatic carbocycles. The van der Waals surface area contributed by atoms with Gasteiger partial charge in [-0.25, -0.2) is 0 Å². The van der Waals surface area contributed by atoms with Gasteiger partial charge >= 0.3 is 0 Å². The van der Waals surface area contributed by atoms with E-state index in [4.69, 9.17) is 9.47 Å². The van der Waals surface area contributed by atoms with E-state index in [9.17, 15) is 4.79 Å². The fourth-order valence-electron chi connectivity index (χ4n) is 3.01. The van der Waals surface area contributed by atoms with Crippen LogP contribution in [0.3, 0.4) is 0 Å². The summed E-state index contributed by atoms with van der Waals surface area (Å²) in [6, 6.07) is 0.544. The minimum Gasteiger partial charge on any atom is -0.376 e. The van der Waals surface area contributed by atoms with Crippen molar-refractivity contribution >= 4 is 5.91 Å². The van der Waals surface area contributed by atoms with Gasteiger partial charge in [-0.3, -0.25) is 4.79 Å². The Kier molecular flexibility index (Phi) is 5.60. The molecule has 2 aliphatic rings. The minimum absolute atomic E-state index is 0.105. The summed E-state index contributed by atoms with van der Waals surface area (Å²) in [5.41, 5.74) is 0. The maximum atomic E-state index is 12.4. The van der Waals surface area contributed by atoms with Crippen molar-refractivity contribution in [1.29, 1.82) is 0 Å². The number of rotatable bonds is 4. The molecule has 2 heterocycles. The Morgan fingerprint density at radius 2 is 2.21 bits per heavy atom. The van der Waals surface area contributed by atoms with Gasteiger partial charge in [0.2, 0.25) is 0 Å². The lowest BCUT2D eigenvalue weighted by Crippen LogP contribution is -2.54. The number of nitrogens with one attached hydrogen (secondary N) is 1. The minimum atomic E-state index is -0.387. The first-order valence-electron chi connectivity index (χ1n) is 7.47. The summed E-state index contributed by atoms with van der Waals surface area (Å²) in [5.74, 6) is 0.648. The molecule has 1 amide bonds. The van der Waals surface area contributed by atoms with Crippen LogP contribution in [0, 0.1) is 5.92 Å². The van der Waals surface area contributed by atoms with Crippen molar-refractivity contribution in [2.45, 2.75) is 38.8 Å². The van der Waals surface area contributed by atoms with E-state index in [1.54, 1.807) is 0 Å². The second-order valence-corrected chi connectivity index (χ2v) is 5.34. The average Bonchev–Trinajstić information content (AvgIpc) is 2.48. The average molecular weight is 270 g/mol. The molecule has 2 saturated heterocycles. The largest absolute Gasteiger partial charge is 0.376 e. The Bertz CT molecular complexity index is 292. The molecule has 1 N–H and O–H groups in total. The molecule has 0 aliphatic carbocycles. The van der Waals surface area contributed by atoms with Gasteiger partial charge in [0.15, 0.2) is 6.10 Å². The number of hydrogen-bond acceptors (Lipinski definition) is 4. The first-order valence-corrected chi connectivity index (χ1v) is 7.47. The number of amides is 1. The van der Waals surface area contributed by atoms with Crippen LogP contribution in [-0.4, -0.2) is 62.4 Å². The van der Waals surface area contributed by atoms with Crippen LogP contribution >= 0.6 is 0 Å². The SMILES string of the molecule is CCNC1CCN(C(=O)C2COCCO2)CC1CC. The Morgan fingerprint density at radius 1 is 1.37 bits per heavy atom. The molecule has 0 radical (unpaired) electrons. The second kappa shape index (κ2) is 7.22. The Hall–Kier alpha value is -0.650. The van der Waals surface area contributed by atoms with E-state index in [0.717, 1.165) is 32.5 Å². The van der Waals surface area contributed by atoms with Crippen LogP contribution in [0.15, 0.2) is 0 Å². The molecular weight excluding hydrogens is 244 g/mol. The van der Waals surface area contributed by atoms with Crippen molar-refractivity contribution in [1.82, 2.24) is 10.2 Å². The number of carbonyl (C=O) groups is 1. The quantitative estimate of drug-likeness (QED) is 0.814. The van der Waals surface area contributed by atoms with Crippen molar-refractivity contribution in [2.24, 2.45) is 5.92 Å². The smallest absolute Gasteiger partial charge is 0.254 e. The molecule has 5 heteroatoms. The summed E-state index contributed by atoms with van der Waals surface area (Å²) in [6.45, 7) is 8.53. The third-order valence-corrected chi connectivity index (χ3v) is 4.13. The highest BCUT2D eigenvalue weighted by Crippen LogP contribution is 2.21. The molecule has 0 aromatic rings. The third kappa shape index (κ3) is 3.68. The number of likely N-dealkylation sites (tertiary alicyclic amines) is 1.